The summed E-state index contributed by atoms with van der Waals surface area (Å²) in [4.78, 5) is 60.5. The first kappa shape index (κ1) is 34.6. The van der Waals surface area contributed by atoms with Gasteiger partial charge in [0.25, 0.3) is 5.91 Å². The minimum absolute atomic E-state index is 0.0576. The monoisotopic (exact) mass is 683 g/mol. The maximum atomic E-state index is 13.4. The van der Waals surface area contributed by atoms with Gasteiger partial charge in [0.15, 0.2) is 11.5 Å². The molecule has 14 nitrogen and oxygen atoms in total. The van der Waals surface area contributed by atoms with Crippen LogP contribution in [-0.4, -0.2) is 73.6 Å². The van der Waals surface area contributed by atoms with Gasteiger partial charge in [-0.25, -0.2) is 24.2 Å². The first-order chi connectivity index (χ1) is 22.8. The van der Waals surface area contributed by atoms with Crippen LogP contribution in [0.2, 0.25) is 0 Å². The van der Waals surface area contributed by atoms with Gasteiger partial charge in [0, 0.05) is 23.7 Å². The number of aromatic carboxylic acids is 1. The number of carbonyl (C=O) groups excluding carboxylic acids is 3. The number of rotatable bonds is 8. The van der Waals surface area contributed by atoms with Crippen LogP contribution in [0.25, 0.3) is 17.1 Å². The van der Waals surface area contributed by atoms with Gasteiger partial charge in [-0.3, -0.25) is 19.4 Å². The molecule has 2 N–H and O–H groups in total. The van der Waals surface area contributed by atoms with Gasteiger partial charge in [0.1, 0.15) is 29.9 Å². The van der Waals surface area contributed by atoms with E-state index in [0.717, 1.165) is 18.5 Å². The molecule has 0 saturated carbocycles. The molecule has 1 aromatic carbocycles. The maximum Gasteiger partial charge on any atom is 0.416 e. The van der Waals surface area contributed by atoms with E-state index in [9.17, 15) is 37.5 Å². The zero-order valence-electron chi connectivity index (χ0n) is 27.0. The normalized spacial score (nSPS) is 14.5. The zero-order valence-corrected chi connectivity index (χ0v) is 27.0. The molecule has 258 valence electrons. The Bertz CT molecular complexity index is 1910. The minimum Gasteiger partial charge on any atom is -0.478 e. The molecule has 4 heterocycles. The summed E-state index contributed by atoms with van der Waals surface area (Å²) < 4.78 is 52.2. The number of aromatic nitrogens is 4. The third-order valence-electron chi connectivity index (χ3n) is 7.32. The summed E-state index contributed by atoms with van der Waals surface area (Å²) in [5.74, 6) is -2.47. The number of carbonyl (C=O) groups is 4. The number of amides is 3. The molecule has 0 unspecified atom stereocenters. The van der Waals surface area contributed by atoms with Crippen molar-refractivity contribution in [1.82, 2.24) is 19.7 Å². The van der Waals surface area contributed by atoms with Crippen molar-refractivity contribution < 1.29 is 46.6 Å². The van der Waals surface area contributed by atoms with Crippen LogP contribution in [0.5, 0.6) is 0 Å². The molecule has 0 bridgehead atoms. The van der Waals surface area contributed by atoms with Crippen LogP contribution in [0.4, 0.5) is 35.3 Å². The lowest BCUT2D eigenvalue weighted by atomic mass is 9.92. The van der Waals surface area contributed by atoms with Crippen molar-refractivity contribution in [3.8, 4) is 17.1 Å². The Labute approximate surface area is 277 Å². The van der Waals surface area contributed by atoms with Crippen molar-refractivity contribution in [2.24, 2.45) is 5.41 Å². The second-order valence-electron chi connectivity index (χ2n) is 12.8. The van der Waals surface area contributed by atoms with Gasteiger partial charge in [0.05, 0.1) is 17.4 Å². The number of anilines is 3. The molecule has 1 aliphatic rings. The number of pyridine rings is 1. The number of ether oxygens (including phenoxy) is 1. The van der Waals surface area contributed by atoms with E-state index in [2.05, 4.69) is 20.4 Å². The predicted molar refractivity (Wildman–Crippen MR) is 169 cm³/mol. The van der Waals surface area contributed by atoms with Crippen molar-refractivity contribution in [1.29, 1.82) is 0 Å². The van der Waals surface area contributed by atoms with E-state index in [-0.39, 0.29) is 45.9 Å². The molecule has 3 aromatic heterocycles. The molecule has 0 aliphatic carbocycles. The molecule has 0 atom stereocenters. The van der Waals surface area contributed by atoms with Crippen LogP contribution in [0.15, 0.2) is 59.5 Å². The summed E-state index contributed by atoms with van der Waals surface area (Å²) in [5, 5.41) is 16.5. The van der Waals surface area contributed by atoms with Crippen molar-refractivity contribution in [2.45, 2.75) is 52.8 Å². The van der Waals surface area contributed by atoms with Crippen molar-refractivity contribution in [3.05, 3.63) is 66.3 Å². The third-order valence-corrected chi connectivity index (χ3v) is 7.32. The molecule has 1 aliphatic heterocycles. The molecule has 0 radical (unpaired) electrons. The number of nitrogens with one attached hydrogen (secondary N) is 1. The third kappa shape index (κ3) is 7.88. The highest BCUT2D eigenvalue weighted by molar-refractivity contribution is 6.07. The van der Waals surface area contributed by atoms with E-state index in [1.165, 1.54) is 66.9 Å². The highest BCUT2D eigenvalue weighted by Crippen LogP contribution is 2.37. The highest BCUT2D eigenvalue weighted by Gasteiger charge is 2.41. The Kier molecular flexibility index (Phi) is 8.97. The molecular formula is C32H32F3N7O7. The predicted octanol–water partition coefficient (Wildman–Crippen LogP) is 5.94. The van der Waals surface area contributed by atoms with Gasteiger partial charge < -0.3 is 19.6 Å². The second-order valence-corrected chi connectivity index (χ2v) is 12.8. The first-order valence-electron chi connectivity index (χ1n) is 14.9. The summed E-state index contributed by atoms with van der Waals surface area (Å²) in [6, 6.07) is 8.33. The van der Waals surface area contributed by atoms with Crippen molar-refractivity contribution >= 4 is 41.2 Å². The highest BCUT2D eigenvalue weighted by atomic mass is 19.4. The van der Waals surface area contributed by atoms with Crippen molar-refractivity contribution in [3.63, 3.8) is 0 Å². The van der Waals surface area contributed by atoms with Gasteiger partial charge in [-0.15, -0.1) is 5.10 Å². The fourth-order valence-corrected chi connectivity index (χ4v) is 4.84. The second kappa shape index (κ2) is 12.7. The topological polar surface area (TPSA) is 173 Å². The van der Waals surface area contributed by atoms with E-state index in [1.54, 1.807) is 13.8 Å². The zero-order chi connectivity index (χ0) is 35.9. The lowest BCUT2D eigenvalue weighted by Gasteiger charge is -2.27. The molecule has 49 heavy (non-hydrogen) atoms. The van der Waals surface area contributed by atoms with Gasteiger partial charge in [-0.1, -0.05) is 13.8 Å². The van der Waals surface area contributed by atoms with Crippen LogP contribution in [0, 0.1) is 5.41 Å². The van der Waals surface area contributed by atoms with Gasteiger partial charge >= 0.3 is 18.2 Å². The average molecular weight is 684 g/mol. The summed E-state index contributed by atoms with van der Waals surface area (Å²) in [7, 11) is 0. The van der Waals surface area contributed by atoms with Crippen LogP contribution >= 0.6 is 0 Å². The molecule has 17 heteroatoms. The smallest absolute Gasteiger partial charge is 0.416 e. The molecule has 1 saturated heterocycles. The molecule has 4 aromatic rings. The molecular weight excluding hydrogens is 651 g/mol. The lowest BCUT2D eigenvalue weighted by molar-refractivity contribution is -0.124. The van der Waals surface area contributed by atoms with E-state index < -0.39 is 41.7 Å². The van der Waals surface area contributed by atoms with Gasteiger partial charge in [-0.05, 0) is 63.6 Å². The lowest BCUT2D eigenvalue weighted by Crippen LogP contribution is -2.42. The number of oxazole rings is 1. The van der Waals surface area contributed by atoms with E-state index in [1.807, 2.05) is 0 Å². The molecule has 1 fully saturated rings. The molecule has 5 rings (SSSR count). The summed E-state index contributed by atoms with van der Waals surface area (Å²) in [5.41, 5.74) is -1.19. The average Bonchev–Trinajstić information content (AvgIpc) is 3.73. The quantitative estimate of drug-likeness (QED) is 0.226. The summed E-state index contributed by atoms with van der Waals surface area (Å²) in [6.45, 7) is 6.78. The molecule has 0 spiro atoms. The summed E-state index contributed by atoms with van der Waals surface area (Å²) >= 11 is 0. The number of halogens is 3. The Morgan fingerprint density at radius 1 is 1.12 bits per heavy atom. The number of benzene rings is 1. The number of carboxylic acids is 1. The Morgan fingerprint density at radius 3 is 2.41 bits per heavy atom. The number of hydrogen-bond acceptors (Lipinski definition) is 9. The van der Waals surface area contributed by atoms with Gasteiger partial charge in [0.2, 0.25) is 11.8 Å². The fraction of sp³-hybridized carbons (Fsp3) is 0.344. The standard InChI is InChI=1S/C32H32F3N7O7/c1-30(2,3)49-29(47)41(17-32(33,34)35)23-14-19(10-12-36-23)26-38-22(16-48-26)25(43)37-21-15-42(20-8-6-18(7-9-20)27(44)45)39-24(21)40-13-11-31(4,5)28(40)46/h6-10,12,14-16H,11,13,17H2,1-5H3,(H,37,43)(H,44,45). The first-order valence-corrected chi connectivity index (χ1v) is 14.9. The van der Waals surface area contributed by atoms with Crippen LogP contribution in [0.3, 0.4) is 0 Å². The van der Waals surface area contributed by atoms with Gasteiger partial charge in [-0.2, -0.15) is 13.2 Å². The SMILES string of the molecule is CC(C)(C)OC(=O)N(CC(F)(F)F)c1cc(-c2nc(C(=O)Nc3cn(-c4ccc(C(=O)O)cc4)nc3N3CCC(C)(C)C3=O)co2)ccn1. The van der Waals surface area contributed by atoms with E-state index in [0.29, 0.717) is 23.6 Å². The van der Waals surface area contributed by atoms with Crippen molar-refractivity contribution in [2.75, 3.05) is 28.2 Å². The van der Waals surface area contributed by atoms with Crippen LogP contribution in [0.1, 0.15) is 61.9 Å². The number of carboxylic acid groups (broad SMARTS) is 1. The van der Waals surface area contributed by atoms with Crippen LogP contribution < -0.4 is 15.1 Å². The van der Waals surface area contributed by atoms with E-state index >= 15 is 0 Å². The number of hydrogen-bond donors (Lipinski definition) is 2. The number of nitrogens with zero attached hydrogens (tertiary/aromatic N) is 6. The van der Waals surface area contributed by atoms with E-state index in [4.69, 9.17) is 9.15 Å². The Morgan fingerprint density at radius 2 is 1.82 bits per heavy atom. The fourth-order valence-electron chi connectivity index (χ4n) is 4.84. The van der Waals surface area contributed by atoms with Crippen LogP contribution in [-0.2, 0) is 9.53 Å². The Hall–Kier alpha value is -5.74. The Balaban J connectivity index is 1.43. The maximum absolute atomic E-state index is 13.4. The molecule has 3 amide bonds. The number of alkyl halides is 3. The minimum atomic E-state index is -4.77. The largest absolute Gasteiger partial charge is 0.478 e. The summed E-state index contributed by atoms with van der Waals surface area (Å²) in [6.07, 6.45) is -1.85.